The monoisotopic (exact) mass is 200 g/mol. The van der Waals surface area contributed by atoms with Gasteiger partial charge in [-0.2, -0.15) is 0 Å². The molecule has 0 saturated carbocycles. The van der Waals surface area contributed by atoms with Crippen LogP contribution < -0.4 is 0 Å². The van der Waals surface area contributed by atoms with E-state index in [9.17, 15) is 0 Å². The third-order valence-electron chi connectivity index (χ3n) is 2.17. The van der Waals surface area contributed by atoms with Crippen LogP contribution in [0.25, 0.3) is 0 Å². The molecule has 0 amide bonds. The Labute approximate surface area is 94.8 Å². The first-order valence-electron chi connectivity index (χ1n) is 5.47. The van der Waals surface area contributed by atoms with E-state index >= 15 is 0 Å². The van der Waals surface area contributed by atoms with Gasteiger partial charge in [-0.3, -0.25) is 0 Å². The minimum atomic E-state index is 0.187. The molecule has 3 atom stereocenters. The van der Waals surface area contributed by atoms with E-state index in [0.717, 1.165) is 12.8 Å². The minimum absolute atomic E-state index is 0.187. The summed E-state index contributed by atoms with van der Waals surface area (Å²) in [5.41, 5.74) is 0. The van der Waals surface area contributed by atoms with Crippen molar-refractivity contribution in [3.05, 3.63) is 0 Å². The van der Waals surface area contributed by atoms with E-state index in [-0.39, 0.29) is 5.92 Å². The largest absolute Gasteiger partial charge is 0.120 e. The summed E-state index contributed by atoms with van der Waals surface area (Å²) in [6.45, 7) is 8.14. The smallest absolute Gasteiger partial charge is 0.0783 e. The van der Waals surface area contributed by atoms with E-state index in [2.05, 4.69) is 43.4 Å². The predicted molar refractivity (Wildman–Crippen MR) is 66.8 cm³/mol. The second-order valence-corrected chi connectivity index (χ2v) is 4.05. The highest BCUT2D eigenvalue weighted by Gasteiger charge is 2.04. The molecule has 0 rings (SSSR count). The van der Waals surface area contributed by atoms with Crippen LogP contribution in [0.15, 0.2) is 0 Å². The molecule has 80 valence electrons. The van der Waals surface area contributed by atoms with Gasteiger partial charge in [-0.15, -0.1) is 24.2 Å². The molecule has 0 aliphatic carbocycles. The van der Waals surface area contributed by atoms with Gasteiger partial charge in [0.1, 0.15) is 0 Å². The Hall–Kier alpha value is -1.32. The molecule has 0 aliphatic heterocycles. The highest BCUT2D eigenvalue weighted by molar-refractivity contribution is 5.15. The molecule has 3 unspecified atom stereocenters. The maximum atomic E-state index is 5.33. The summed E-state index contributed by atoms with van der Waals surface area (Å²) in [5, 5.41) is 0. The quantitative estimate of drug-likeness (QED) is 0.613. The topological polar surface area (TPSA) is 0 Å². The summed E-state index contributed by atoms with van der Waals surface area (Å²) in [7, 11) is 0. The minimum Gasteiger partial charge on any atom is -0.120 e. The third-order valence-corrected chi connectivity index (χ3v) is 2.17. The summed E-state index contributed by atoms with van der Waals surface area (Å²) in [6, 6.07) is 0. The van der Waals surface area contributed by atoms with Crippen molar-refractivity contribution >= 4 is 0 Å². The van der Waals surface area contributed by atoms with Crippen molar-refractivity contribution in [3.63, 3.8) is 0 Å². The molecule has 0 fully saturated rings. The lowest BCUT2D eigenvalue weighted by molar-refractivity contribution is 0.485. The van der Waals surface area contributed by atoms with E-state index in [1.54, 1.807) is 0 Å². The summed E-state index contributed by atoms with van der Waals surface area (Å²) in [6.07, 6.45) is 7.31. The summed E-state index contributed by atoms with van der Waals surface area (Å²) >= 11 is 0. The fourth-order valence-electron chi connectivity index (χ4n) is 1.39. The maximum Gasteiger partial charge on any atom is 0.0783 e. The van der Waals surface area contributed by atoms with Crippen LogP contribution >= 0.6 is 0 Å². The fourth-order valence-corrected chi connectivity index (χ4v) is 1.39. The van der Waals surface area contributed by atoms with Gasteiger partial charge < -0.3 is 0 Å². The Morgan fingerprint density at radius 3 is 2.33 bits per heavy atom. The molecule has 15 heavy (non-hydrogen) atoms. The zero-order chi connectivity index (χ0) is 11.7. The van der Waals surface area contributed by atoms with Gasteiger partial charge in [-0.25, -0.2) is 0 Å². The lowest BCUT2D eigenvalue weighted by atomic mass is 9.95. The molecule has 0 heterocycles. The molecule has 0 aromatic carbocycles. The van der Waals surface area contributed by atoms with Gasteiger partial charge in [0.2, 0.25) is 0 Å². The number of rotatable bonds is 3. The molecule has 0 aromatic heterocycles. The van der Waals surface area contributed by atoms with Crippen LogP contribution in [0.1, 0.15) is 40.5 Å². The molecule has 0 bridgehead atoms. The maximum absolute atomic E-state index is 5.33. The van der Waals surface area contributed by atoms with E-state index in [1.165, 1.54) is 0 Å². The van der Waals surface area contributed by atoms with Gasteiger partial charge in [-0.05, 0) is 26.2 Å². The van der Waals surface area contributed by atoms with Gasteiger partial charge in [-0.1, -0.05) is 25.7 Å². The van der Waals surface area contributed by atoms with Gasteiger partial charge in [0.15, 0.2) is 0 Å². The van der Waals surface area contributed by atoms with Crippen LogP contribution in [-0.4, -0.2) is 0 Å². The van der Waals surface area contributed by atoms with Gasteiger partial charge in [0.05, 0.1) is 5.92 Å². The highest BCUT2D eigenvalue weighted by Crippen LogP contribution is 2.13. The Kier molecular flexibility index (Phi) is 7.32. The lowest BCUT2D eigenvalue weighted by Gasteiger charge is -2.09. The number of hydrogen-bond donors (Lipinski definition) is 0. The van der Waals surface area contributed by atoms with Crippen LogP contribution in [-0.2, 0) is 0 Å². The second kappa shape index (κ2) is 8.03. The molecule has 0 nitrogen and oxygen atoms in total. The molecule has 0 N–H and O–H groups in total. The van der Waals surface area contributed by atoms with Crippen LogP contribution in [0.2, 0.25) is 0 Å². The average Bonchev–Trinajstić information content (AvgIpc) is 2.18. The molecule has 0 saturated heterocycles. The number of hydrogen-bond acceptors (Lipinski definition) is 0. The van der Waals surface area contributed by atoms with E-state index in [1.807, 2.05) is 13.8 Å². The van der Waals surface area contributed by atoms with Crippen LogP contribution in [0.3, 0.4) is 0 Å². The standard InChI is InChI=1S/C15H20/c1-6-9-14(4)10-8-11-15(5)12-13(3)7-2/h2,13-15H,11-12H2,1,3-5H3. The van der Waals surface area contributed by atoms with Crippen molar-refractivity contribution in [3.8, 4) is 36.0 Å². The Balaban J connectivity index is 3.93. The summed E-state index contributed by atoms with van der Waals surface area (Å²) in [4.78, 5) is 0. The summed E-state index contributed by atoms with van der Waals surface area (Å²) in [5.74, 6) is 16.1. The predicted octanol–water partition coefficient (Wildman–Crippen LogP) is 3.33. The SMILES string of the molecule is C#CC(C)CC(C)CC#CC(C)C#CC. The summed E-state index contributed by atoms with van der Waals surface area (Å²) < 4.78 is 0. The van der Waals surface area contributed by atoms with Crippen LogP contribution in [0.5, 0.6) is 0 Å². The molecule has 0 aromatic rings. The van der Waals surface area contributed by atoms with Crippen molar-refractivity contribution in [2.75, 3.05) is 0 Å². The van der Waals surface area contributed by atoms with Crippen molar-refractivity contribution in [1.82, 2.24) is 0 Å². The van der Waals surface area contributed by atoms with Gasteiger partial charge in [0.25, 0.3) is 0 Å². The van der Waals surface area contributed by atoms with Crippen LogP contribution in [0.4, 0.5) is 0 Å². The first kappa shape index (κ1) is 13.7. The van der Waals surface area contributed by atoms with Gasteiger partial charge >= 0.3 is 0 Å². The molecular weight excluding hydrogens is 180 g/mol. The molecular formula is C15H20. The fraction of sp³-hybridized carbons (Fsp3) is 0.600. The van der Waals surface area contributed by atoms with Crippen molar-refractivity contribution in [2.45, 2.75) is 40.5 Å². The average molecular weight is 200 g/mol. The van der Waals surface area contributed by atoms with Crippen molar-refractivity contribution in [2.24, 2.45) is 17.8 Å². The van der Waals surface area contributed by atoms with Gasteiger partial charge in [0, 0.05) is 12.3 Å². The Bertz CT molecular complexity index is 321. The molecule has 0 aliphatic rings. The van der Waals surface area contributed by atoms with Crippen LogP contribution in [0, 0.1) is 53.8 Å². The lowest BCUT2D eigenvalue weighted by Crippen LogP contribution is -2.00. The number of terminal acetylenes is 1. The van der Waals surface area contributed by atoms with Crippen molar-refractivity contribution < 1.29 is 0 Å². The first-order chi connectivity index (χ1) is 7.10. The van der Waals surface area contributed by atoms with E-state index < -0.39 is 0 Å². The van der Waals surface area contributed by atoms with E-state index in [0.29, 0.717) is 11.8 Å². The normalized spacial score (nSPS) is 14.6. The first-order valence-corrected chi connectivity index (χ1v) is 5.47. The molecule has 0 radical (unpaired) electrons. The second-order valence-electron chi connectivity index (χ2n) is 4.05. The Morgan fingerprint density at radius 2 is 1.80 bits per heavy atom. The third kappa shape index (κ3) is 7.73. The zero-order valence-electron chi connectivity index (χ0n) is 10.2. The highest BCUT2D eigenvalue weighted by atomic mass is 14.1. The molecule has 0 spiro atoms. The zero-order valence-corrected chi connectivity index (χ0v) is 10.2. The van der Waals surface area contributed by atoms with Crippen molar-refractivity contribution in [1.29, 1.82) is 0 Å². The van der Waals surface area contributed by atoms with E-state index in [4.69, 9.17) is 6.42 Å². The Morgan fingerprint density at radius 1 is 1.13 bits per heavy atom. The molecule has 0 heteroatoms.